The number of aliphatic hydroxyl groups is 1. The molecule has 1 amide bonds. The number of anilines is 1. The van der Waals surface area contributed by atoms with E-state index in [4.69, 9.17) is 10.8 Å². The van der Waals surface area contributed by atoms with Crippen molar-refractivity contribution in [3.8, 4) is 0 Å². The van der Waals surface area contributed by atoms with Gasteiger partial charge >= 0.3 is 0 Å². The number of nitrogen functional groups attached to an aromatic ring is 1. The first-order valence-corrected chi connectivity index (χ1v) is 5.46. The van der Waals surface area contributed by atoms with Crippen LogP contribution in [0.15, 0.2) is 18.2 Å². The lowest BCUT2D eigenvalue weighted by Crippen LogP contribution is -2.32. The van der Waals surface area contributed by atoms with Crippen LogP contribution in [0.2, 0.25) is 0 Å². The minimum Gasteiger partial charge on any atom is -0.399 e. The van der Waals surface area contributed by atoms with Gasteiger partial charge in [-0.25, -0.2) is 0 Å². The Hall–Kier alpha value is -1.55. The molecule has 1 aromatic rings. The molecule has 86 valence electrons. The molecule has 4 heteroatoms. The number of carbonyl (C=O) groups excluding carboxylic acids is 1. The zero-order valence-corrected chi connectivity index (χ0v) is 9.15. The van der Waals surface area contributed by atoms with Gasteiger partial charge in [0.25, 0.3) is 0 Å². The van der Waals surface area contributed by atoms with Crippen LogP contribution in [-0.4, -0.2) is 29.1 Å². The molecule has 1 aliphatic heterocycles. The predicted octanol–water partition coefficient (Wildman–Crippen LogP) is 0.536. The van der Waals surface area contributed by atoms with E-state index in [9.17, 15) is 4.79 Å². The Bertz CT molecular complexity index is 404. The Balaban J connectivity index is 2.25. The van der Waals surface area contributed by atoms with Crippen LogP contribution in [-0.2, 0) is 17.8 Å². The summed E-state index contributed by atoms with van der Waals surface area (Å²) >= 11 is 0. The number of aliphatic hydroxyl groups excluding tert-OH is 1. The van der Waals surface area contributed by atoms with Gasteiger partial charge in [0.05, 0.1) is 0 Å². The molecule has 0 saturated carbocycles. The lowest BCUT2D eigenvalue weighted by molar-refractivity contribution is -0.134. The number of nitrogens with zero attached hydrogens (tertiary/aromatic N) is 1. The molecule has 1 aromatic carbocycles. The van der Waals surface area contributed by atoms with Crippen LogP contribution < -0.4 is 5.73 Å². The smallest absolute Gasteiger partial charge is 0.248 e. The van der Waals surface area contributed by atoms with Crippen molar-refractivity contribution in [1.82, 2.24) is 4.90 Å². The lowest BCUT2D eigenvalue weighted by atomic mass is 10.0. The molecule has 1 aliphatic rings. The summed E-state index contributed by atoms with van der Waals surface area (Å²) in [5, 5.41) is 8.87. The van der Waals surface area contributed by atoms with Crippen LogP contribution in [0.3, 0.4) is 0 Å². The topological polar surface area (TPSA) is 66.6 Å². The van der Waals surface area contributed by atoms with Crippen molar-refractivity contribution >= 4 is 11.6 Å². The summed E-state index contributed by atoms with van der Waals surface area (Å²) in [5.74, 6) is -0.213. The third-order valence-corrected chi connectivity index (χ3v) is 2.95. The first kappa shape index (κ1) is 11.0. The van der Waals surface area contributed by atoms with Crippen molar-refractivity contribution in [2.45, 2.75) is 19.4 Å². The zero-order valence-electron chi connectivity index (χ0n) is 9.15. The fourth-order valence-corrected chi connectivity index (χ4v) is 2.09. The molecular weight excluding hydrogens is 204 g/mol. The van der Waals surface area contributed by atoms with Crippen molar-refractivity contribution in [1.29, 1.82) is 0 Å². The van der Waals surface area contributed by atoms with E-state index in [0.29, 0.717) is 13.1 Å². The number of carbonyl (C=O) groups is 1. The molecule has 2 rings (SSSR count). The summed E-state index contributed by atoms with van der Waals surface area (Å²) in [6.07, 6.45) is 1.90. The van der Waals surface area contributed by atoms with E-state index >= 15 is 0 Å². The maximum atomic E-state index is 11.5. The summed E-state index contributed by atoms with van der Waals surface area (Å²) in [5.41, 5.74) is 8.80. The Morgan fingerprint density at radius 2 is 2.25 bits per heavy atom. The second-order valence-corrected chi connectivity index (χ2v) is 4.11. The molecule has 0 aromatic heterocycles. The van der Waals surface area contributed by atoms with E-state index in [2.05, 4.69) is 0 Å². The van der Waals surface area contributed by atoms with Gasteiger partial charge in [0.15, 0.2) is 0 Å². The van der Waals surface area contributed by atoms with E-state index in [1.807, 2.05) is 18.2 Å². The molecule has 0 fully saturated rings. The highest BCUT2D eigenvalue weighted by molar-refractivity contribution is 5.77. The number of hydrogen-bond donors (Lipinski definition) is 2. The predicted molar refractivity (Wildman–Crippen MR) is 61.7 cm³/mol. The second-order valence-electron chi connectivity index (χ2n) is 4.11. The summed E-state index contributed by atoms with van der Waals surface area (Å²) < 4.78 is 0. The van der Waals surface area contributed by atoms with Crippen LogP contribution in [0.25, 0.3) is 0 Å². The molecule has 1 heterocycles. The van der Waals surface area contributed by atoms with Crippen molar-refractivity contribution in [3.63, 3.8) is 0 Å². The minimum absolute atomic E-state index is 0.213. The minimum atomic E-state index is -0.419. The lowest BCUT2D eigenvalue weighted by Gasteiger charge is -2.19. The summed E-state index contributed by atoms with van der Waals surface area (Å²) in [6.45, 7) is 0.839. The van der Waals surface area contributed by atoms with Gasteiger partial charge in [-0.3, -0.25) is 4.79 Å². The van der Waals surface area contributed by atoms with E-state index in [1.54, 1.807) is 4.90 Å². The molecule has 0 spiro atoms. The summed E-state index contributed by atoms with van der Waals surface area (Å²) in [7, 11) is 0. The zero-order chi connectivity index (χ0) is 11.5. The first-order valence-electron chi connectivity index (χ1n) is 5.46. The number of hydrogen-bond acceptors (Lipinski definition) is 3. The van der Waals surface area contributed by atoms with Crippen molar-refractivity contribution in [3.05, 3.63) is 29.3 Å². The average Bonchev–Trinajstić information content (AvgIpc) is 2.49. The maximum Gasteiger partial charge on any atom is 0.248 e. The average molecular weight is 220 g/mol. The summed E-state index contributed by atoms with van der Waals surface area (Å²) in [6, 6.07) is 5.83. The number of amides is 1. The van der Waals surface area contributed by atoms with Gasteiger partial charge in [-0.2, -0.15) is 0 Å². The SMILES string of the molecule is Nc1ccc2c(c1)CN(C(=O)CO)CCC2. The van der Waals surface area contributed by atoms with Gasteiger partial charge in [0, 0.05) is 18.8 Å². The normalized spacial score (nSPS) is 15.4. The van der Waals surface area contributed by atoms with Crippen LogP contribution in [0.4, 0.5) is 5.69 Å². The molecule has 4 nitrogen and oxygen atoms in total. The number of nitrogens with two attached hydrogens (primary N) is 1. The highest BCUT2D eigenvalue weighted by Crippen LogP contribution is 2.21. The van der Waals surface area contributed by atoms with Crippen LogP contribution in [0.1, 0.15) is 17.5 Å². The molecule has 0 unspecified atom stereocenters. The molecule has 0 radical (unpaired) electrons. The van der Waals surface area contributed by atoms with E-state index < -0.39 is 6.61 Å². The number of rotatable bonds is 1. The first-order chi connectivity index (χ1) is 7.70. The quantitative estimate of drug-likeness (QED) is 0.679. The Morgan fingerprint density at radius 3 is 3.00 bits per heavy atom. The van der Waals surface area contributed by atoms with Gasteiger partial charge in [-0.15, -0.1) is 0 Å². The molecule has 3 N–H and O–H groups in total. The monoisotopic (exact) mass is 220 g/mol. The van der Waals surface area contributed by atoms with Crippen LogP contribution >= 0.6 is 0 Å². The Kier molecular flexibility index (Phi) is 3.10. The van der Waals surface area contributed by atoms with Gasteiger partial charge in [-0.1, -0.05) is 6.07 Å². The highest BCUT2D eigenvalue weighted by atomic mass is 16.3. The largest absolute Gasteiger partial charge is 0.399 e. The van der Waals surface area contributed by atoms with Crippen LogP contribution in [0, 0.1) is 0 Å². The third kappa shape index (κ3) is 2.17. The standard InChI is InChI=1S/C12H16N2O2/c13-11-4-3-9-2-1-5-14(12(16)8-15)7-10(9)6-11/h3-4,6,15H,1-2,5,7-8,13H2. The van der Waals surface area contributed by atoms with Gasteiger partial charge < -0.3 is 15.7 Å². The molecule has 0 bridgehead atoms. The van der Waals surface area contributed by atoms with Gasteiger partial charge in [0.2, 0.25) is 5.91 Å². The Labute approximate surface area is 94.7 Å². The van der Waals surface area contributed by atoms with Crippen molar-refractivity contribution in [2.75, 3.05) is 18.9 Å². The highest BCUT2D eigenvalue weighted by Gasteiger charge is 2.18. The molecular formula is C12H16N2O2. The van der Waals surface area contributed by atoms with Gasteiger partial charge in [0.1, 0.15) is 6.61 Å². The van der Waals surface area contributed by atoms with E-state index in [-0.39, 0.29) is 5.91 Å². The molecule has 0 saturated heterocycles. The third-order valence-electron chi connectivity index (χ3n) is 2.95. The molecule has 16 heavy (non-hydrogen) atoms. The van der Waals surface area contributed by atoms with Crippen LogP contribution in [0.5, 0.6) is 0 Å². The van der Waals surface area contributed by atoms with E-state index in [0.717, 1.165) is 24.1 Å². The number of aryl methyl sites for hydroxylation is 1. The van der Waals surface area contributed by atoms with Gasteiger partial charge in [-0.05, 0) is 36.1 Å². The number of fused-ring (bicyclic) bond motifs is 1. The van der Waals surface area contributed by atoms with E-state index in [1.165, 1.54) is 5.56 Å². The maximum absolute atomic E-state index is 11.5. The molecule has 0 aliphatic carbocycles. The molecule has 0 atom stereocenters. The fraction of sp³-hybridized carbons (Fsp3) is 0.417. The fourth-order valence-electron chi connectivity index (χ4n) is 2.09. The summed E-state index contributed by atoms with van der Waals surface area (Å²) in [4.78, 5) is 13.1. The Morgan fingerprint density at radius 1 is 1.44 bits per heavy atom. The second kappa shape index (κ2) is 4.53. The van der Waals surface area contributed by atoms with Crippen molar-refractivity contribution < 1.29 is 9.90 Å². The van der Waals surface area contributed by atoms with Crippen molar-refractivity contribution in [2.24, 2.45) is 0 Å². The number of benzene rings is 1.